The predicted molar refractivity (Wildman–Crippen MR) is 72.6 cm³/mol. The molecule has 0 spiro atoms. The van der Waals surface area contributed by atoms with E-state index in [4.69, 9.17) is 9.47 Å². The zero-order valence-corrected chi connectivity index (χ0v) is 11.4. The highest BCUT2D eigenvalue weighted by Gasteiger charge is 2.19. The van der Waals surface area contributed by atoms with Crippen molar-refractivity contribution in [3.05, 3.63) is 35.6 Å². The van der Waals surface area contributed by atoms with Gasteiger partial charge in [-0.15, -0.1) is 0 Å². The fourth-order valence-electron chi connectivity index (χ4n) is 2.19. The lowest BCUT2D eigenvalue weighted by molar-refractivity contribution is 0.0256. The zero-order chi connectivity index (χ0) is 13.5. The molecule has 4 heteroatoms. The van der Waals surface area contributed by atoms with Gasteiger partial charge in [-0.1, -0.05) is 19.1 Å². The molecule has 2 rings (SSSR count). The summed E-state index contributed by atoms with van der Waals surface area (Å²) in [5, 5.41) is 3.29. The molecule has 0 amide bonds. The van der Waals surface area contributed by atoms with Gasteiger partial charge in [-0.2, -0.15) is 0 Å². The van der Waals surface area contributed by atoms with E-state index in [1.165, 1.54) is 12.1 Å². The number of nitrogens with one attached hydrogen (secondary N) is 1. The van der Waals surface area contributed by atoms with E-state index in [1.807, 2.05) is 0 Å². The first-order chi connectivity index (χ1) is 9.29. The van der Waals surface area contributed by atoms with Crippen molar-refractivity contribution in [3.63, 3.8) is 0 Å². The van der Waals surface area contributed by atoms with Gasteiger partial charge in [0.15, 0.2) is 0 Å². The molecule has 1 N–H and O–H groups in total. The third-order valence-electron chi connectivity index (χ3n) is 3.38. The number of ether oxygens (including phenoxy) is 2. The van der Waals surface area contributed by atoms with Gasteiger partial charge < -0.3 is 14.8 Å². The Balaban J connectivity index is 1.91. The standard InChI is InChI=1S/C15H22FNO2/c1-2-17-9-15(13-3-5-14(16)6-4-13)19-11-12-7-8-18-10-12/h3-6,12,15,17H,2,7-11H2,1H3. The van der Waals surface area contributed by atoms with E-state index in [0.29, 0.717) is 12.5 Å². The average Bonchev–Trinajstić information content (AvgIpc) is 2.93. The molecule has 1 heterocycles. The van der Waals surface area contributed by atoms with Crippen LogP contribution in [0, 0.1) is 11.7 Å². The van der Waals surface area contributed by atoms with Crippen LogP contribution in [0.4, 0.5) is 4.39 Å². The third-order valence-corrected chi connectivity index (χ3v) is 3.38. The minimum atomic E-state index is -0.213. The van der Waals surface area contributed by atoms with Crippen LogP contribution >= 0.6 is 0 Å². The molecular weight excluding hydrogens is 245 g/mol. The van der Waals surface area contributed by atoms with E-state index in [1.54, 1.807) is 12.1 Å². The summed E-state index contributed by atoms with van der Waals surface area (Å²) < 4.78 is 24.3. The highest BCUT2D eigenvalue weighted by molar-refractivity contribution is 5.19. The Morgan fingerprint density at radius 2 is 2.21 bits per heavy atom. The molecule has 1 aliphatic rings. The van der Waals surface area contributed by atoms with Crippen LogP contribution in [-0.2, 0) is 9.47 Å². The van der Waals surface area contributed by atoms with E-state index >= 15 is 0 Å². The Labute approximate surface area is 114 Å². The number of rotatable bonds is 7. The highest BCUT2D eigenvalue weighted by Crippen LogP contribution is 2.21. The highest BCUT2D eigenvalue weighted by atomic mass is 19.1. The quantitative estimate of drug-likeness (QED) is 0.823. The first kappa shape index (κ1) is 14.4. The van der Waals surface area contributed by atoms with Crippen LogP contribution in [0.2, 0.25) is 0 Å². The lowest BCUT2D eigenvalue weighted by Gasteiger charge is -2.20. The van der Waals surface area contributed by atoms with Gasteiger partial charge in [0.05, 0.1) is 19.3 Å². The summed E-state index contributed by atoms with van der Waals surface area (Å²) in [6, 6.07) is 6.55. The van der Waals surface area contributed by atoms with Crippen molar-refractivity contribution < 1.29 is 13.9 Å². The van der Waals surface area contributed by atoms with Crippen LogP contribution in [0.1, 0.15) is 25.0 Å². The second-order valence-electron chi connectivity index (χ2n) is 4.91. The van der Waals surface area contributed by atoms with Crippen LogP contribution in [0.5, 0.6) is 0 Å². The number of hydrogen-bond acceptors (Lipinski definition) is 3. The van der Waals surface area contributed by atoms with Crippen LogP contribution < -0.4 is 5.32 Å². The maximum Gasteiger partial charge on any atom is 0.123 e. The van der Waals surface area contributed by atoms with Crippen molar-refractivity contribution in [2.24, 2.45) is 5.92 Å². The maximum absolute atomic E-state index is 13.0. The van der Waals surface area contributed by atoms with E-state index < -0.39 is 0 Å². The van der Waals surface area contributed by atoms with Crippen molar-refractivity contribution in [1.82, 2.24) is 5.32 Å². The number of likely N-dealkylation sites (N-methyl/N-ethyl adjacent to an activating group) is 1. The van der Waals surface area contributed by atoms with E-state index in [2.05, 4.69) is 12.2 Å². The maximum atomic E-state index is 13.0. The van der Waals surface area contributed by atoms with Gasteiger partial charge in [0.25, 0.3) is 0 Å². The van der Waals surface area contributed by atoms with Crippen LogP contribution in [0.25, 0.3) is 0 Å². The molecule has 0 aliphatic carbocycles. The fraction of sp³-hybridized carbons (Fsp3) is 0.600. The summed E-state index contributed by atoms with van der Waals surface area (Å²) in [6.07, 6.45) is 1.04. The van der Waals surface area contributed by atoms with E-state index in [0.717, 1.165) is 38.3 Å². The smallest absolute Gasteiger partial charge is 0.123 e. The summed E-state index contributed by atoms with van der Waals surface area (Å²) in [5.41, 5.74) is 1.02. The Hall–Kier alpha value is -0.970. The van der Waals surface area contributed by atoms with Gasteiger partial charge in [-0.05, 0) is 30.7 Å². The number of halogens is 1. The zero-order valence-electron chi connectivity index (χ0n) is 11.4. The predicted octanol–water partition coefficient (Wildman–Crippen LogP) is 2.53. The van der Waals surface area contributed by atoms with Crippen LogP contribution in [-0.4, -0.2) is 32.9 Å². The van der Waals surface area contributed by atoms with Gasteiger partial charge in [-0.25, -0.2) is 4.39 Å². The molecule has 2 unspecified atom stereocenters. The first-order valence-electron chi connectivity index (χ1n) is 6.95. The summed E-state index contributed by atoms with van der Waals surface area (Å²) in [6.45, 7) is 6.03. The summed E-state index contributed by atoms with van der Waals surface area (Å²) in [5.74, 6) is 0.278. The molecule has 0 aromatic heterocycles. The minimum Gasteiger partial charge on any atom is -0.381 e. The third kappa shape index (κ3) is 4.56. The van der Waals surface area contributed by atoms with Gasteiger partial charge in [0.1, 0.15) is 5.82 Å². The second kappa shape index (κ2) is 7.58. The molecule has 1 aliphatic heterocycles. The lowest BCUT2D eigenvalue weighted by Crippen LogP contribution is -2.25. The van der Waals surface area contributed by atoms with Gasteiger partial charge in [-0.3, -0.25) is 0 Å². The largest absolute Gasteiger partial charge is 0.381 e. The van der Waals surface area contributed by atoms with Crippen LogP contribution in [0.3, 0.4) is 0 Å². The summed E-state index contributed by atoms with van der Waals surface area (Å²) in [7, 11) is 0. The fourth-order valence-corrected chi connectivity index (χ4v) is 2.19. The molecule has 1 saturated heterocycles. The molecule has 1 aromatic rings. The monoisotopic (exact) mass is 267 g/mol. The summed E-state index contributed by atoms with van der Waals surface area (Å²) >= 11 is 0. The van der Waals surface area contributed by atoms with Crippen molar-refractivity contribution in [2.75, 3.05) is 32.9 Å². The molecular formula is C15H22FNO2. The number of benzene rings is 1. The number of hydrogen-bond donors (Lipinski definition) is 1. The van der Waals surface area contributed by atoms with Gasteiger partial charge in [0.2, 0.25) is 0 Å². The molecule has 1 aromatic carbocycles. The Morgan fingerprint density at radius 1 is 1.42 bits per heavy atom. The van der Waals surface area contributed by atoms with Crippen molar-refractivity contribution in [1.29, 1.82) is 0 Å². The molecule has 0 saturated carbocycles. The SMILES string of the molecule is CCNCC(OCC1CCOC1)c1ccc(F)cc1. The Morgan fingerprint density at radius 3 is 2.84 bits per heavy atom. The molecule has 106 valence electrons. The minimum absolute atomic E-state index is 0.0267. The molecule has 1 fully saturated rings. The molecule has 3 nitrogen and oxygen atoms in total. The van der Waals surface area contributed by atoms with Crippen LogP contribution in [0.15, 0.2) is 24.3 Å². The van der Waals surface area contributed by atoms with Crippen molar-refractivity contribution in [2.45, 2.75) is 19.4 Å². The van der Waals surface area contributed by atoms with Gasteiger partial charge >= 0.3 is 0 Å². The molecule has 2 atom stereocenters. The van der Waals surface area contributed by atoms with E-state index in [9.17, 15) is 4.39 Å². The Bertz CT molecular complexity index is 363. The first-order valence-corrected chi connectivity index (χ1v) is 6.95. The van der Waals surface area contributed by atoms with Gasteiger partial charge in [0, 0.05) is 19.1 Å². The Kier molecular flexibility index (Phi) is 5.76. The topological polar surface area (TPSA) is 30.5 Å². The normalized spacial score (nSPS) is 20.6. The average molecular weight is 267 g/mol. The molecule has 0 radical (unpaired) electrons. The van der Waals surface area contributed by atoms with Crippen molar-refractivity contribution in [3.8, 4) is 0 Å². The van der Waals surface area contributed by atoms with E-state index in [-0.39, 0.29) is 11.9 Å². The molecule has 19 heavy (non-hydrogen) atoms. The van der Waals surface area contributed by atoms with Crippen molar-refractivity contribution >= 4 is 0 Å². The summed E-state index contributed by atoms with van der Waals surface area (Å²) in [4.78, 5) is 0. The second-order valence-corrected chi connectivity index (χ2v) is 4.91. The molecule has 0 bridgehead atoms. The lowest BCUT2D eigenvalue weighted by atomic mass is 10.1.